The lowest BCUT2D eigenvalue weighted by Crippen LogP contribution is -2.42. The summed E-state index contributed by atoms with van der Waals surface area (Å²) in [7, 11) is 2.19. The molecule has 1 aliphatic carbocycles. The van der Waals surface area contributed by atoms with Crippen LogP contribution in [0.25, 0.3) is 0 Å². The van der Waals surface area contributed by atoms with Crippen molar-refractivity contribution in [1.29, 1.82) is 0 Å². The zero-order valence-electron chi connectivity index (χ0n) is 20.1. The minimum atomic E-state index is 0.201. The minimum absolute atomic E-state index is 0.201. The van der Waals surface area contributed by atoms with E-state index in [0.717, 1.165) is 51.1 Å². The molecule has 176 valence electrons. The van der Waals surface area contributed by atoms with Gasteiger partial charge in [-0.15, -0.1) is 0 Å². The Hall–Kier alpha value is -2.34. The van der Waals surface area contributed by atoms with Gasteiger partial charge in [-0.25, -0.2) is 0 Å². The average Bonchev–Trinajstić information content (AvgIpc) is 3.27. The van der Waals surface area contributed by atoms with Crippen LogP contribution in [0.1, 0.15) is 76.0 Å². The van der Waals surface area contributed by atoms with Crippen molar-refractivity contribution in [3.63, 3.8) is 0 Å². The van der Waals surface area contributed by atoms with Crippen molar-refractivity contribution in [2.24, 2.45) is 0 Å². The molecule has 1 amide bonds. The number of hydrogen-bond donors (Lipinski definition) is 1. The van der Waals surface area contributed by atoms with Crippen LogP contribution < -0.4 is 4.74 Å². The summed E-state index contributed by atoms with van der Waals surface area (Å²) in [6, 6.07) is 10.0. The van der Waals surface area contributed by atoms with E-state index in [1.54, 1.807) is 0 Å². The summed E-state index contributed by atoms with van der Waals surface area (Å²) in [5.41, 5.74) is 2.63. The topological polar surface area (TPSA) is 61.5 Å². The van der Waals surface area contributed by atoms with Gasteiger partial charge in [-0.1, -0.05) is 31.5 Å². The molecular formula is C26H40N4O2. The number of carbonyl (C=O) groups excluding carboxylic acids is 1. The molecule has 1 aromatic carbocycles. The van der Waals surface area contributed by atoms with Gasteiger partial charge in [0, 0.05) is 36.3 Å². The van der Waals surface area contributed by atoms with Crippen LogP contribution in [-0.4, -0.2) is 58.7 Å². The molecule has 0 atom stereocenters. The third-order valence-electron chi connectivity index (χ3n) is 6.62. The van der Waals surface area contributed by atoms with Crippen molar-refractivity contribution in [3.05, 3.63) is 47.8 Å². The van der Waals surface area contributed by atoms with Crippen LogP contribution in [0, 0.1) is 0 Å². The molecule has 1 aliphatic rings. The maximum Gasteiger partial charge on any atom is 0.226 e. The van der Waals surface area contributed by atoms with Crippen molar-refractivity contribution in [2.75, 3.05) is 26.7 Å². The van der Waals surface area contributed by atoms with Gasteiger partial charge >= 0.3 is 0 Å². The number of benzene rings is 1. The number of carbonyl (C=O) groups is 1. The first-order valence-corrected chi connectivity index (χ1v) is 12.3. The predicted molar refractivity (Wildman–Crippen MR) is 129 cm³/mol. The summed E-state index contributed by atoms with van der Waals surface area (Å²) in [5.74, 6) is 1.53. The van der Waals surface area contributed by atoms with Gasteiger partial charge in [-0.3, -0.25) is 9.89 Å². The summed E-state index contributed by atoms with van der Waals surface area (Å²) < 4.78 is 5.73. The number of unbranched alkanes of at least 4 members (excludes halogenated alkanes) is 1. The number of aromatic amines is 1. The van der Waals surface area contributed by atoms with E-state index in [2.05, 4.69) is 40.9 Å². The van der Waals surface area contributed by atoms with E-state index in [1.807, 2.05) is 36.5 Å². The molecule has 0 radical (unpaired) electrons. The van der Waals surface area contributed by atoms with Gasteiger partial charge in [0.2, 0.25) is 5.91 Å². The Bertz CT molecular complexity index is 799. The van der Waals surface area contributed by atoms with E-state index in [1.165, 1.54) is 24.1 Å². The second-order valence-electron chi connectivity index (χ2n) is 9.00. The van der Waals surface area contributed by atoms with Gasteiger partial charge in [0.25, 0.3) is 0 Å². The molecular weight excluding hydrogens is 400 g/mol. The van der Waals surface area contributed by atoms with Crippen molar-refractivity contribution in [1.82, 2.24) is 20.0 Å². The van der Waals surface area contributed by atoms with Gasteiger partial charge in [0.15, 0.2) is 0 Å². The average molecular weight is 441 g/mol. The monoisotopic (exact) mass is 440 g/mol. The van der Waals surface area contributed by atoms with Crippen molar-refractivity contribution >= 4 is 5.91 Å². The maximum atomic E-state index is 12.9. The van der Waals surface area contributed by atoms with Gasteiger partial charge in [-0.05, 0) is 64.8 Å². The number of aromatic nitrogens is 2. The molecule has 1 N–H and O–H groups in total. The SMILES string of the molecule is CCCCN(C)Cc1cn[nH]c1C1CCC(N(CC)C(=O)CCOc2ccccc2)CC1. The van der Waals surface area contributed by atoms with Gasteiger partial charge in [-0.2, -0.15) is 5.10 Å². The highest BCUT2D eigenvalue weighted by Crippen LogP contribution is 2.35. The summed E-state index contributed by atoms with van der Waals surface area (Å²) in [5, 5.41) is 7.65. The summed E-state index contributed by atoms with van der Waals surface area (Å²) >= 11 is 0. The highest BCUT2D eigenvalue weighted by Gasteiger charge is 2.30. The van der Waals surface area contributed by atoms with Crippen LogP contribution in [0.2, 0.25) is 0 Å². The van der Waals surface area contributed by atoms with Crippen LogP contribution in [0.5, 0.6) is 5.75 Å². The summed E-state index contributed by atoms with van der Waals surface area (Å²) in [4.78, 5) is 17.3. The lowest BCUT2D eigenvalue weighted by molar-refractivity contribution is -0.134. The molecule has 0 spiro atoms. The second kappa shape index (κ2) is 12.6. The van der Waals surface area contributed by atoms with Gasteiger partial charge in [0.1, 0.15) is 5.75 Å². The quantitative estimate of drug-likeness (QED) is 0.505. The van der Waals surface area contributed by atoms with Crippen LogP contribution >= 0.6 is 0 Å². The first-order chi connectivity index (χ1) is 15.6. The fraction of sp³-hybridized carbons (Fsp3) is 0.615. The summed E-state index contributed by atoms with van der Waals surface area (Å²) in [6.45, 7) is 7.58. The molecule has 1 heterocycles. The van der Waals surface area contributed by atoms with Crippen molar-refractivity contribution in [3.8, 4) is 5.75 Å². The largest absolute Gasteiger partial charge is 0.493 e. The van der Waals surface area contributed by atoms with E-state index in [0.29, 0.717) is 25.0 Å². The minimum Gasteiger partial charge on any atom is -0.493 e. The van der Waals surface area contributed by atoms with E-state index < -0.39 is 0 Å². The Labute approximate surface area is 193 Å². The molecule has 2 aromatic rings. The third kappa shape index (κ3) is 6.83. The van der Waals surface area contributed by atoms with Crippen LogP contribution in [0.4, 0.5) is 0 Å². The van der Waals surface area contributed by atoms with Crippen LogP contribution in [0.15, 0.2) is 36.5 Å². The van der Waals surface area contributed by atoms with E-state index in [-0.39, 0.29) is 5.91 Å². The Morgan fingerprint density at radius 1 is 1.16 bits per heavy atom. The van der Waals surface area contributed by atoms with Gasteiger partial charge < -0.3 is 14.5 Å². The molecule has 1 saturated carbocycles. The molecule has 0 aliphatic heterocycles. The number of rotatable bonds is 12. The number of amides is 1. The number of para-hydroxylation sites is 1. The molecule has 6 nitrogen and oxygen atoms in total. The van der Waals surface area contributed by atoms with Crippen LogP contribution in [0.3, 0.4) is 0 Å². The number of nitrogens with zero attached hydrogens (tertiary/aromatic N) is 3. The normalized spacial score (nSPS) is 18.6. The number of nitrogens with one attached hydrogen (secondary N) is 1. The number of ether oxygens (including phenoxy) is 1. The Balaban J connectivity index is 1.47. The molecule has 1 aromatic heterocycles. The Morgan fingerprint density at radius 3 is 2.59 bits per heavy atom. The second-order valence-corrected chi connectivity index (χ2v) is 9.00. The fourth-order valence-electron chi connectivity index (χ4n) is 4.83. The zero-order chi connectivity index (χ0) is 22.8. The van der Waals surface area contributed by atoms with Crippen molar-refractivity contribution in [2.45, 2.75) is 77.3 Å². The number of H-pyrrole nitrogens is 1. The summed E-state index contributed by atoms with van der Waals surface area (Å²) in [6.07, 6.45) is 9.17. The lowest BCUT2D eigenvalue weighted by atomic mass is 9.82. The first kappa shape index (κ1) is 24.3. The molecule has 6 heteroatoms. The highest BCUT2D eigenvalue weighted by molar-refractivity contribution is 5.76. The van der Waals surface area contributed by atoms with Gasteiger partial charge in [0.05, 0.1) is 19.2 Å². The Kier molecular flexibility index (Phi) is 9.60. The standard InChI is InChI=1S/C26H40N4O2/c1-4-6-17-29(3)20-22-19-27-28-26(22)21-12-14-23(15-13-21)30(5-2)25(31)16-18-32-24-10-8-7-9-11-24/h7-11,19,21,23H,4-6,12-18,20H2,1-3H3,(H,27,28). The highest BCUT2D eigenvalue weighted by atomic mass is 16.5. The zero-order valence-corrected chi connectivity index (χ0v) is 20.1. The van der Waals surface area contributed by atoms with Crippen molar-refractivity contribution < 1.29 is 9.53 Å². The molecule has 0 bridgehead atoms. The molecule has 0 unspecified atom stereocenters. The fourth-order valence-corrected chi connectivity index (χ4v) is 4.83. The smallest absolute Gasteiger partial charge is 0.226 e. The number of hydrogen-bond acceptors (Lipinski definition) is 4. The van der Waals surface area contributed by atoms with E-state index >= 15 is 0 Å². The van der Waals surface area contributed by atoms with Crippen LogP contribution in [-0.2, 0) is 11.3 Å². The third-order valence-corrected chi connectivity index (χ3v) is 6.62. The lowest BCUT2D eigenvalue weighted by Gasteiger charge is -2.36. The maximum absolute atomic E-state index is 12.9. The molecule has 0 saturated heterocycles. The van der Waals surface area contributed by atoms with E-state index in [9.17, 15) is 4.79 Å². The first-order valence-electron chi connectivity index (χ1n) is 12.3. The molecule has 32 heavy (non-hydrogen) atoms. The van der Waals surface area contributed by atoms with E-state index in [4.69, 9.17) is 4.74 Å². The Morgan fingerprint density at radius 2 is 1.91 bits per heavy atom. The predicted octanol–water partition coefficient (Wildman–Crippen LogP) is 4.99. The molecule has 1 fully saturated rings. The molecule has 3 rings (SSSR count).